The van der Waals surface area contributed by atoms with Crippen molar-refractivity contribution in [2.75, 3.05) is 20.5 Å². The highest BCUT2D eigenvalue weighted by atomic mass is 32.2. The summed E-state index contributed by atoms with van der Waals surface area (Å²) in [5.41, 5.74) is 3.39. The fraction of sp³-hybridized carbons (Fsp3) is 0.238. The molecule has 2 aliphatic rings. The molecule has 27 heavy (non-hydrogen) atoms. The fourth-order valence-electron chi connectivity index (χ4n) is 3.42. The van der Waals surface area contributed by atoms with Crippen molar-refractivity contribution < 1.29 is 14.3 Å². The largest absolute Gasteiger partial charge is 0.493 e. The second kappa shape index (κ2) is 7.12. The van der Waals surface area contributed by atoms with Crippen molar-refractivity contribution in [2.45, 2.75) is 17.4 Å². The van der Waals surface area contributed by atoms with Gasteiger partial charge in [0.15, 0.2) is 11.5 Å². The van der Waals surface area contributed by atoms with Crippen molar-refractivity contribution in [1.82, 2.24) is 4.90 Å². The third-order valence-corrected chi connectivity index (χ3v) is 5.64. The fourth-order valence-corrected chi connectivity index (χ4v) is 3.83. The predicted octanol–water partition coefficient (Wildman–Crippen LogP) is 4.40. The number of benzene rings is 2. The molecule has 2 heterocycles. The highest BCUT2D eigenvalue weighted by molar-refractivity contribution is 7.98. The molecule has 0 aromatic heterocycles. The first-order valence-corrected chi connectivity index (χ1v) is 9.85. The molecule has 4 rings (SSSR count). The van der Waals surface area contributed by atoms with Gasteiger partial charge in [0, 0.05) is 29.8 Å². The van der Waals surface area contributed by atoms with Gasteiger partial charge in [-0.05, 0) is 35.6 Å². The van der Waals surface area contributed by atoms with E-state index in [9.17, 15) is 4.79 Å². The zero-order valence-electron chi connectivity index (χ0n) is 15.4. The number of carbonyl (C=O) groups excluding carboxylic acids is 1. The number of hydrogen-bond donors (Lipinski definition) is 0. The number of aliphatic imine (C=N–C) groups is 1. The lowest BCUT2D eigenvalue weighted by atomic mass is 10.0. The molecule has 6 heteroatoms. The van der Waals surface area contributed by atoms with Crippen LogP contribution in [0.4, 0.5) is 5.69 Å². The summed E-state index contributed by atoms with van der Waals surface area (Å²) in [4.78, 5) is 20.7. The first kappa shape index (κ1) is 17.7. The Morgan fingerprint density at radius 2 is 1.81 bits per heavy atom. The van der Waals surface area contributed by atoms with Crippen molar-refractivity contribution in [3.63, 3.8) is 0 Å². The molecular weight excluding hydrogens is 360 g/mol. The molecule has 5 nitrogen and oxygen atoms in total. The number of rotatable bonds is 4. The first-order chi connectivity index (χ1) is 13.1. The monoisotopic (exact) mass is 380 g/mol. The van der Waals surface area contributed by atoms with Gasteiger partial charge in [0.25, 0.3) is 5.91 Å². The highest BCUT2D eigenvalue weighted by Crippen LogP contribution is 2.39. The lowest BCUT2D eigenvalue weighted by Gasteiger charge is -2.18. The van der Waals surface area contributed by atoms with E-state index >= 15 is 0 Å². The molecule has 2 aromatic rings. The van der Waals surface area contributed by atoms with Crippen molar-refractivity contribution in [1.29, 1.82) is 0 Å². The molecule has 0 fully saturated rings. The average molecular weight is 380 g/mol. The molecule has 0 saturated heterocycles. The summed E-state index contributed by atoms with van der Waals surface area (Å²) in [6.45, 7) is 0. The molecule has 0 N–H and O–H groups in total. The minimum absolute atomic E-state index is 0.0795. The number of amides is 1. The van der Waals surface area contributed by atoms with Gasteiger partial charge in [0.2, 0.25) is 0 Å². The molecule has 138 valence electrons. The maximum Gasteiger partial charge on any atom is 0.260 e. The number of carbonyl (C=O) groups is 1. The van der Waals surface area contributed by atoms with Crippen LogP contribution in [0, 0.1) is 0 Å². The average Bonchev–Trinajstić information content (AvgIpc) is 3.10. The maximum atomic E-state index is 13.2. The summed E-state index contributed by atoms with van der Waals surface area (Å²) in [7, 11) is 3.13. The van der Waals surface area contributed by atoms with Gasteiger partial charge in [0.1, 0.15) is 0 Å². The molecule has 0 aliphatic carbocycles. The van der Waals surface area contributed by atoms with Gasteiger partial charge in [-0.3, -0.25) is 9.79 Å². The first-order valence-electron chi connectivity index (χ1n) is 8.62. The molecule has 0 bridgehead atoms. The van der Waals surface area contributed by atoms with Crippen molar-refractivity contribution >= 4 is 35.1 Å². The Balaban J connectivity index is 1.70. The molecule has 0 spiro atoms. The van der Waals surface area contributed by atoms with E-state index in [1.54, 1.807) is 43.0 Å². The summed E-state index contributed by atoms with van der Waals surface area (Å²) in [6.07, 6.45) is 6.59. The van der Waals surface area contributed by atoms with Gasteiger partial charge in [-0.2, -0.15) is 0 Å². The lowest BCUT2D eigenvalue weighted by Crippen LogP contribution is -2.32. The van der Waals surface area contributed by atoms with E-state index in [0.29, 0.717) is 22.7 Å². The van der Waals surface area contributed by atoms with Gasteiger partial charge in [0.05, 0.1) is 31.5 Å². The van der Waals surface area contributed by atoms with Gasteiger partial charge >= 0.3 is 0 Å². The maximum absolute atomic E-state index is 13.2. The van der Waals surface area contributed by atoms with Crippen molar-refractivity contribution in [3.05, 3.63) is 53.7 Å². The van der Waals surface area contributed by atoms with Gasteiger partial charge in [-0.15, -0.1) is 11.8 Å². The summed E-state index contributed by atoms with van der Waals surface area (Å²) in [5.74, 6) is 1.01. The Morgan fingerprint density at radius 3 is 2.48 bits per heavy atom. The summed E-state index contributed by atoms with van der Waals surface area (Å²) in [6, 6.07) is 11.8. The minimum atomic E-state index is -0.0860. The van der Waals surface area contributed by atoms with Crippen LogP contribution in [-0.4, -0.2) is 43.5 Å². The quantitative estimate of drug-likeness (QED) is 0.738. The number of ether oxygens (including phenoxy) is 2. The lowest BCUT2D eigenvalue weighted by molar-refractivity contribution is 0.0817. The Bertz CT molecular complexity index is 951. The van der Waals surface area contributed by atoms with Crippen LogP contribution in [0.5, 0.6) is 11.5 Å². The zero-order valence-corrected chi connectivity index (χ0v) is 16.2. The number of nitrogens with zero attached hydrogens (tertiary/aromatic N) is 2. The van der Waals surface area contributed by atoms with Gasteiger partial charge in [-0.1, -0.05) is 12.1 Å². The van der Waals surface area contributed by atoms with Crippen LogP contribution in [0.25, 0.3) is 5.57 Å². The molecule has 1 amide bonds. The van der Waals surface area contributed by atoms with E-state index in [1.807, 2.05) is 12.4 Å². The second-order valence-electron chi connectivity index (χ2n) is 6.37. The van der Waals surface area contributed by atoms with Gasteiger partial charge < -0.3 is 14.4 Å². The topological polar surface area (TPSA) is 51.1 Å². The summed E-state index contributed by atoms with van der Waals surface area (Å²) >= 11 is 1.71. The molecule has 0 radical (unpaired) electrons. The van der Waals surface area contributed by atoms with E-state index in [-0.39, 0.29) is 11.9 Å². The van der Waals surface area contributed by atoms with Crippen molar-refractivity contribution in [2.24, 2.45) is 4.99 Å². The van der Waals surface area contributed by atoms with Crippen LogP contribution in [0.2, 0.25) is 0 Å². The van der Waals surface area contributed by atoms with E-state index in [1.165, 1.54) is 4.90 Å². The molecule has 1 atom stereocenters. The van der Waals surface area contributed by atoms with Crippen LogP contribution in [-0.2, 0) is 0 Å². The Hall–Kier alpha value is -2.73. The standard InChI is InChI=1S/C21H20N2O3S/c1-25-19-9-17-18(10-20(19)26-2)22-11-15-8-14(12-23(15)21(17)24)13-4-6-16(27-3)7-5-13/h4-7,9-12,15H,8H2,1-3H3/t15-/m0/s1. The van der Waals surface area contributed by atoms with Crippen LogP contribution >= 0.6 is 11.8 Å². The van der Waals surface area contributed by atoms with Crippen molar-refractivity contribution in [3.8, 4) is 11.5 Å². The highest BCUT2D eigenvalue weighted by Gasteiger charge is 2.33. The van der Waals surface area contributed by atoms with E-state index in [0.717, 1.165) is 17.6 Å². The van der Waals surface area contributed by atoms with Gasteiger partial charge in [-0.25, -0.2) is 0 Å². The van der Waals surface area contributed by atoms with E-state index < -0.39 is 0 Å². The normalized spacial score (nSPS) is 17.9. The summed E-state index contributed by atoms with van der Waals surface area (Å²) in [5, 5.41) is 0. The molecule has 2 aliphatic heterocycles. The van der Waals surface area contributed by atoms with Crippen LogP contribution in [0.3, 0.4) is 0 Å². The smallest absolute Gasteiger partial charge is 0.260 e. The SMILES string of the molecule is COc1cc2c(cc1OC)C(=O)N1C=C(c3ccc(SC)cc3)C[C@H]1C=N2. The number of hydrogen-bond acceptors (Lipinski definition) is 5. The van der Waals surface area contributed by atoms with Crippen LogP contribution < -0.4 is 9.47 Å². The van der Waals surface area contributed by atoms with Crippen LogP contribution in [0.1, 0.15) is 22.3 Å². The zero-order chi connectivity index (χ0) is 19.0. The molecule has 0 unspecified atom stereocenters. The third-order valence-electron chi connectivity index (χ3n) is 4.89. The van der Waals surface area contributed by atoms with Crippen LogP contribution in [0.15, 0.2) is 52.5 Å². The number of methoxy groups -OCH3 is 2. The Labute approximate surface area is 162 Å². The van der Waals surface area contributed by atoms with E-state index in [4.69, 9.17) is 9.47 Å². The van der Waals surface area contributed by atoms with E-state index in [2.05, 4.69) is 35.5 Å². The third kappa shape index (κ3) is 3.10. The molecule has 2 aromatic carbocycles. The minimum Gasteiger partial charge on any atom is -0.493 e. The Morgan fingerprint density at radius 1 is 1.11 bits per heavy atom. The number of fused-ring (bicyclic) bond motifs is 2. The predicted molar refractivity (Wildman–Crippen MR) is 108 cm³/mol. The molecular formula is C21H20N2O3S. The second-order valence-corrected chi connectivity index (χ2v) is 7.25. The number of thioether (sulfide) groups is 1. The summed E-state index contributed by atoms with van der Waals surface area (Å²) < 4.78 is 10.7. The Kier molecular flexibility index (Phi) is 4.66. The molecule has 0 saturated carbocycles.